The summed E-state index contributed by atoms with van der Waals surface area (Å²) in [5, 5.41) is 23.5. The minimum atomic E-state index is -0.432. The number of benzene rings is 1. The molecular formula is C11H13BrN2O3. The van der Waals surface area contributed by atoms with Crippen LogP contribution in [0, 0.1) is 16.0 Å². The number of hydrogen-bond acceptors (Lipinski definition) is 4. The molecule has 2 N–H and O–H groups in total. The monoisotopic (exact) mass is 300 g/mol. The van der Waals surface area contributed by atoms with E-state index in [1.807, 2.05) is 0 Å². The first-order valence-electron chi connectivity index (χ1n) is 5.44. The first kappa shape index (κ1) is 12.3. The number of nitro groups is 1. The van der Waals surface area contributed by atoms with Gasteiger partial charge in [0.25, 0.3) is 5.69 Å². The highest BCUT2D eigenvalue weighted by Crippen LogP contribution is 2.33. The second-order valence-electron chi connectivity index (χ2n) is 4.20. The lowest BCUT2D eigenvalue weighted by Gasteiger charge is -2.12. The number of anilines is 1. The van der Waals surface area contributed by atoms with E-state index in [9.17, 15) is 15.2 Å². The number of aliphatic hydroxyl groups is 1. The molecule has 1 aliphatic carbocycles. The summed E-state index contributed by atoms with van der Waals surface area (Å²) in [5.41, 5.74) is 0.459. The molecule has 1 atom stereocenters. The SMILES string of the molecule is O=[N+]([O-])c1ccc(Br)cc1NCC(O)C1CC1. The second kappa shape index (κ2) is 5.01. The molecule has 92 valence electrons. The average molecular weight is 301 g/mol. The second-order valence-corrected chi connectivity index (χ2v) is 5.12. The molecule has 1 saturated carbocycles. The van der Waals surface area contributed by atoms with E-state index in [0.29, 0.717) is 18.2 Å². The van der Waals surface area contributed by atoms with E-state index in [1.165, 1.54) is 6.07 Å². The number of rotatable bonds is 5. The lowest BCUT2D eigenvalue weighted by Crippen LogP contribution is -2.21. The van der Waals surface area contributed by atoms with Crippen molar-refractivity contribution in [3.63, 3.8) is 0 Å². The maximum absolute atomic E-state index is 10.8. The van der Waals surface area contributed by atoms with Crippen molar-refractivity contribution in [1.82, 2.24) is 0 Å². The average Bonchev–Trinajstić information content (AvgIpc) is 3.09. The van der Waals surface area contributed by atoms with Crippen molar-refractivity contribution in [2.45, 2.75) is 18.9 Å². The molecular weight excluding hydrogens is 288 g/mol. The van der Waals surface area contributed by atoms with Gasteiger partial charge in [-0.1, -0.05) is 15.9 Å². The van der Waals surface area contributed by atoms with Gasteiger partial charge in [-0.15, -0.1) is 0 Å². The van der Waals surface area contributed by atoms with Crippen LogP contribution in [0.3, 0.4) is 0 Å². The van der Waals surface area contributed by atoms with Gasteiger partial charge in [0.2, 0.25) is 0 Å². The van der Waals surface area contributed by atoms with Crippen molar-refractivity contribution in [1.29, 1.82) is 0 Å². The molecule has 1 aromatic carbocycles. The van der Waals surface area contributed by atoms with Crippen LogP contribution in [0.4, 0.5) is 11.4 Å². The lowest BCUT2D eigenvalue weighted by molar-refractivity contribution is -0.384. The number of halogens is 1. The van der Waals surface area contributed by atoms with Gasteiger partial charge < -0.3 is 10.4 Å². The highest BCUT2D eigenvalue weighted by atomic mass is 79.9. The standard InChI is InChI=1S/C11H13BrN2O3/c12-8-3-4-10(14(16)17)9(5-8)13-6-11(15)7-1-2-7/h3-5,7,11,13,15H,1-2,6H2. The van der Waals surface area contributed by atoms with Gasteiger partial charge in [0.05, 0.1) is 11.0 Å². The van der Waals surface area contributed by atoms with Crippen LogP contribution in [0.15, 0.2) is 22.7 Å². The lowest BCUT2D eigenvalue weighted by atomic mass is 10.2. The maximum Gasteiger partial charge on any atom is 0.292 e. The largest absolute Gasteiger partial charge is 0.391 e. The van der Waals surface area contributed by atoms with E-state index in [1.54, 1.807) is 12.1 Å². The van der Waals surface area contributed by atoms with E-state index in [2.05, 4.69) is 21.2 Å². The Labute approximate surface area is 107 Å². The molecule has 6 heteroatoms. The number of nitrogens with zero attached hydrogens (tertiary/aromatic N) is 1. The van der Waals surface area contributed by atoms with Gasteiger partial charge in [-0.2, -0.15) is 0 Å². The molecule has 5 nitrogen and oxygen atoms in total. The molecule has 1 unspecified atom stereocenters. The van der Waals surface area contributed by atoms with Crippen molar-refractivity contribution < 1.29 is 10.0 Å². The number of hydrogen-bond donors (Lipinski definition) is 2. The summed E-state index contributed by atoms with van der Waals surface area (Å²) in [5.74, 6) is 0.355. The van der Waals surface area contributed by atoms with Gasteiger partial charge >= 0.3 is 0 Å². The van der Waals surface area contributed by atoms with Crippen molar-refractivity contribution in [3.05, 3.63) is 32.8 Å². The van der Waals surface area contributed by atoms with Crippen molar-refractivity contribution in [3.8, 4) is 0 Å². The van der Waals surface area contributed by atoms with Crippen LogP contribution in [-0.4, -0.2) is 22.7 Å². The summed E-state index contributed by atoms with van der Waals surface area (Å²) in [4.78, 5) is 10.4. The van der Waals surface area contributed by atoms with E-state index < -0.39 is 11.0 Å². The van der Waals surface area contributed by atoms with Gasteiger partial charge in [0, 0.05) is 17.1 Å². The van der Waals surface area contributed by atoms with Gasteiger partial charge in [-0.3, -0.25) is 10.1 Å². The zero-order valence-electron chi connectivity index (χ0n) is 9.10. The normalized spacial score (nSPS) is 16.6. The fourth-order valence-corrected chi connectivity index (χ4v) is 2.03. The minimum Gasteiger partial charge on any atom is -0.391 e. The summed E-state index contributed by atoms with van der Waals surface area (Å²) in [6.07, 6.45) is 1.67. The third-order valence-corrected chi connectivity index (χ3v) is 3.32. The zero-order chi connectivity index (χ0) is 12.4. The maximum atomic E-state index is 10.8. The molecule has 0 amide bonds. The van der Waals surface area contributed by atoms with Gasteiger partial charge in [-0.25, -0.2) is 0 Å². The minimum absolute atomic E-state index is 0.0243. The highest BCUT2D eigenvalue weighted by molar-refractivity contribution is 9.10. The third-order valence-electron chi connectivity index (χ3n) is 2.82. The fourth-order valence-electron chi connectivity index (χ4n) is 1.67. The molecule has 2 rings (SSSR count). The summed E-state index contributed by atoms with van der Waals surface area (Å²) < 4.78 is 0.770. The fraction of sp³-hybridized carbons (Fsp3) is 0.455. The third kappa shape index (κ3) is 3.17. The first-order chi connectivity index (χ1) is 8.08. The van der Waals surface area contributed by atoms with Crippen LogP contribution >= 0.6 is 15.9 Å². The summed E-state index contributed by atoms with van der Waals surface area (Å²) in [6, 6.07) is 4.72. The molecule has 1 fully saturated rings. The Morgan fingerprint density at radius 3 is 2.88 bits per heavy atom. The molecule has 0 aromatic heterocycles. The van der Waals surface area contributed by atoms with Crippen molar-refractivity contribution in [2.24, 2.45) is 5.92 Å². The van der Waals surface area contributed by atoms with Crippen LogP contribution in [-0.2, 0) is 0 Å². The molecule has 0 bridgehead atoms. The van der Waals surface area contributed by atoms with Gasteiger partial charge in [0.1, 0.15) is 5.69 Å². The van der Waals surface area contributed by atoms with E-state index >= 15 is 0 Å². The first-order valence-corrected chi connectivity index (χ1v) is 6.23. The molecule has 0 aliphatic heterocycles. The van der Waals surface area contributed by atoms with E-state index in [0.717, 1.165) is 17.3 Å². The zero-order valence-corrected chi connectivity index (χ0v) is 10.7. The Hall–Kier alpha value is -1.14. The Bertz CT molecular complexity index is 435. The number of aliphatic hydroxyl groups excluding tert-OH is 1. The van der Waals surface area contributed by atoms with Crippen LogP contribution in [0.2, 0.25) is 0 Å². The molecule has 0 spiro atoms. The highest BCUT2D eigenvalue weighted by Gasteiger charge is 2.29. The van der Waals surface area contributed by atoms with Crippen molar-refractivity contribution >= 4 is 27.3 Å². The Morgan fingerprint density at radius 1 is 1.59 bits per heavy atom. The van der Waals surface area contributed by atoms with E-state index in [-0.39, 0.29) is 5.69 Å². The molecule has 0 saturated heterocycles. The predicted octanol–water partition coefficient (Wildman–Crippen LogP) is 2.54. The molecule has 1 aromatic rings. The predicted molar refractivity (Wildman–Crippen MR) is 68.0 cm³/mol. The van der Waals surface area contributed by atoms with Crippen LogP contribution in [0.1, 0.15) is 12.8 Å². The van der Waals surface area contributed by atoms with Gasteiger partial charge in [-0.05, 0) is 30.9 Å². The summed E-state index contributed by atoms with van der Waals surface area (Å²) >= 11 is 3.27. The van der Waals surface area contributed by atoms with Crippen LogP contribution in [0.25, 0.3) is 0 Å². The molecule has 0 heterocycles. The molecule has 0 radical (unpaired) electrons. The molecule has 1 aliphatic rings. The Morgan fingerprint density at radius 2 is 2.29 bits per heavy atom. The quantitative estimate of drug-likeness (QED) is 0.647. The Kier molecular flexibility index (Phi) is 3.63. The van der Waals surface area contributed by atoms with Gasteiger partial charge in [0.15, 0.2) is 0 Å². The number of nitro benzene ring substituents is 1. The Balaban J connectivity index is 2.07. The topological polar surface area (TPSA) is 75.4 Å². The van der Waals surface area contributed by atoms with E-state index in [4.69, 9.17) is 0 Å². The number of nitrogens with one attached hydrogen (secondary N) is 1. The summed E-state index contributed by atoms with van der Waals surface area (Å²) in [7, 11) is 0. The van der Waals surface area contributed by atoms with Crippen LogP contribution in [0.5, 0.6) is 0 Å². The van der Waals surface area contributed by atoms with Crippen LogP contribution < -0.4 is 5.32 Å². The smallest absolute Gasteiger partial charge is 0.292 e. The molecule has 17 heavy (non-hydrogen) atoms. The summed E-state index contributed by atoms with van der Waals surface area (Å²) in [6.45, 7) is 0.349. The van der Waals surface area contributed by atoms with Crippen molar-refractivity contribution in [2.75, 3.05) is 11.9 Å².